The number of ether oxygens (including phenoxy) is 1. The lowest BCUT2D eigenvalue weighted by Crippen LogP contribution is -2.46. The molecule has 0 amide bonds. The second kappa shape index (κ2) is 11.0. The molecule has 6 nitrogen and oxygen atoms in total. The topological polar surface area (TPSA) is 61.8 Å². The van der Waals surface area contributed by atoms with Crippen LogP contribution in [0.1, 0.15) is 44.1 Å². The van der Waals surface area contributed by atoms with Gasteiger partial charge in [0.15, 0.2) is 5.96 Å². The van der Waals surface area contributed by atoms with Gasteiger partial charge in [0, 0.05) is 53.1 Å². The highest BCUT2D eigenvalue weighted by atomic mass is 127. The smallest absolute Gasteiger partial charge is 0.191 e. The van der Waals surface area contributed by atoms with Gasteiger partial charge in [0.2, 0.25) is 0 Å². The first kappa shape index (κ1) is 22.2. The van der Waals surface area contributed by atoms with Gasteiger partial charge in [-0.1, -0.05) is 12.5 Å². The van der Waals surface area contributed by atoms with Gasteiger partial charge in [0.25, 0.3) is 0 Å². The van der Waals surface area contributed by atoms with Crippen molar-refractivity contribution in [3.8, 4) is 0 Å². The summed E-state index contributed by atoms with van der Waals surface area (Å²) >= 11 is 0. The van der Waals surface area contributed by atoms with E-state index in [1.807, 2.05) is 13.2 Å². The minimum absolute atomic E-state index is 0. The van der Waals surface area contributed by atoms with E-state index >= 15 is 0 Å². The van der Waals surface area contributed by atoms with Crippen LogP contribution in [0.2, 0.25) is 0 Å². The number of hydrogen-bond acceptors (Lipinski definition) is 4. The van der Waals surface area contributed by atoms with Crippen LogP contribution in [-0.2, 0) is 11.3 Å². The summed E-state index contributed by atoms with van der Waals surface area (Å²) in [7, 11) is 3.61. The zero-order valence-electron chi connectivity index (χ0n) is 16.7. The van der Waals surface area contributed by atoms with Gasteiger partial charge >= 0.3 is 0 Å². The predicted molar refractivity (Wildman–Crippen MR) is 122 cm³/mol. The minimum atomic E-state index is 0. The number of aromatic nitrogens is 1. The molecule has 27 heavy (non-hydrogen) atoms. The van der Waals surface area contributed by atoms with Crippen LogP contribution in [0.25, 0.3) is 0 Å². The Balaban J connectivity index is 0.00000261. The van der Waals surface area contributed by atoms with Crippen LogP contribution < -0.4 is 15.5 Å². The molecule has 0 radical (unpaired) electrons. The van der Waals surface area contributed by atoms with Crippen molar-refractivity contribution in [2.75, 3.05) is 45.3 Å². The number of rotatable bonds is 8. The molecule has 2 fully saturated rings. The van der Waals surface area contributed by atoms with Gasteiger partial charge in [-0.15, -0.1) is 24.0 Å². The average Bonchev–Trinajstić information content (AvgIpc) is 3.18. The van der Waals surface area contributed by atoms with Crippen LogP contribution in [0.5, 0.6) is 0 Å². The molecule has 0 spiro atoms. The van der Waals surface area contributed by atoms with Crippen molar-refractivity contribution in [2.24, 2.45) is 10.4 Å². The van der Waals surface area contributed by atoms with E-state index in [2.05, 4.69) is 37.6 Å². The average molecular weight is 487 g/mol. The van der Waals surface area contributed by atoms with Crippen molar-refractivity contribution in [2.45, 2.75) is 45.1 Å². The van der Waals surface area contributed by atoms with E-state index in [4.69, 9.17) is 4.74 Å². The van der Waals surface area contributed by atoms with Crippen LogP contribution >= 0.6 is 24.0 Å². The molecule has 152 valence electrons. The molecule has 2 heterocycles. The first-order valence-corrected chi connectivity index (χ1v) is 9.88. The summed E-state index contributed by atoms with van der Waals surface area (Å²) in [5.74, 6) is 1.95. The third-order valence-corrected chi connectivity index (χ3v) is 5.80. The Bertz CT molecular complexity index is 583. The molecule has 1 saturated heterocycles. The number of halogens is 1. The third-order valence-electron chi connectivity index (χ3n) is 5.80. The van der Waals surface area contributed by atoms with E-state index in [0.717, 1.165) is 51.0 Å². The fourth-order valence-electron chi connectivity index (χ4n) is 3.84. The summed E-state index contributed by atoms with van der Waals surface area (Å²) in [6, 6.07) is 4.29. The van der Waals surface area contributed by atoms with E-state index < -0.39 is 0 Å². The van der Waals surface area contributed by atoms with Crippen molar-refractivity contribution in [3.05, 3.63) is 23.9 Å². The molecule has 0 unspecified atom stereocenters. The molecular formula is C20H34IN5O. The maximum absolute atomic E-state index is 5.27. The summed E-state index contributed by atoms with van der Waals surface area (Å²) in [5.41, 5.74) is 1.56. The normalized spacial score (nSPS) is 18.6. The van der Waals surface area contributed by atoms with Gasteiger partial charge in [0.1, 0.15) is 5.82 Å². The van der Waals surface area contributed by atoms with E-state index in [1.54, 1.807) is 7.11 Å². The lowest BCUT2D eigenvalue weighted by atomic mass is 9.67. The Labute approximate surface area is 180 Å². The zero-order chi connectivity index (χ0) is 18.2. The first-order chi connectivity index (χ1) is 12.7. The molecule has 1 saturated carbocycles. The van der Waals surface area contributed by atoms with E-state index in [1.165, 1.54) is 37.7 Å². The molecule has 1 aliphatic carbocycles. The Kier molecular flexibility index (Phi) is 9.08. The zero-order valence-corrected chi connectivity index (χ0v) is 19.0. The second-order valence-electron chi connectivity index (χ2n) is 7.59. The Morgan fingerprint density at radius 3 is 2.56 bits per heavy atom. The largest absolute Gasteiger partial charge is 0.385 e. The van der Waals surface area contributed by atoms with Crippen molar-refractivity contribution >= 4 is 35.8 Å². The van der Waals surface area contributed by atoms with Crippen molar-refractivity contribution < 1.29 is 4.74 Å². The summed E-state index contributed by atoms with van der Waals surface area (Å²) in [6.07, 6.45) is 9.53. The molecule has 7 heteroatoms. The lowest BCUT2D eigenvalue weighted by molar-refractivity contribution is 0.0732. The van der Waals surface area contributed by atoms with Gasteiger partial charge in [-0.05, 0) is 49.1 Å². The molecular weight excluding hydrogens is 453 g/mol. The summed E-state index contributed by atoms with van der Waals surface area (Å²) in [6.45, 7) is 4.79. The van der Waals surface area contributed by atoms with Crippen LogP contribution in [0.3, 0.4) is 0 Å². The Morgan fingerprint density at radius 1 is 1.22 bits per heavy atom. The molecule has 1 aromatic heterocycles. The third kappa shape index (κ3) is 6.20. The van der Waals surface area contributed by atoms with Crippen LogP contribution in [-0.4, -0.2) is 51.3 Å². The maximum Gasteiger partial charge on any atom is 0.191 e. The Hall–Kier alpha value is -1.09. The Morgan fingerprint density at radius 2 is 2.00 bits per heavy atom. The standard InChI is InChI=1S/C20H33N5O.HI/c1-21-19(24-16-20(8-5-9-20)10-13-26-2)23-15-17-6-7-18(22-14-17)25-11-3-4-12-25;/h6-7,14H,3-5,8-13,15-16H2,1-2H3,(H2,21,23,24);1H. The number of aliphatic imine (C=N–C) groups is 1. The number of guanidine groups is 1. The number of nitrogens with zero attached hydrogens (tertiary/aromatic N) is 3. The van der Waals surface area contributed by atoms with Crippen LogP contribution in [0.4, 0.5) is 5.82 Å². The lowest BCUT2D eigenvalue weighted by Gasteiger charge is -2.42. The number of hydrogen-bond donors (Lipinski definition) is 2. The number of nitrogens with one attached hydrogen (secondary N) is 2. The fourth-order valence-corrected chi connectivity index (χ4v) is 3.84. The van der Waals surface area contributed by atoms with Crippen molar-refractivity contribution in [1.82, 2.24) is 15.6 Å². The molecule has 0 bridgehead atoms. The molecule has 0 atom stereocenters. The molecule has 2 aliphatic rings. The highest BCUT2D eigenvalue weighted by Crippen LogP contribution is 2.43. The van der Waals surface area contributed by atoms with E-state index in [0.29, 0.717) is 5.41 Å². The first-order valence-electron chi connectivity index (χ1n) is 9.88. The monoisotopic (exact) mass is 487 g/mol. The maximum atomic E-state index is 5.27. The number of methoxy groups -OCH3 is 1. The number of anilines is 1. The van der Waals surface area contributed by atoms with Crippen molar-refractivity contribution in [1.29, 1.82) is 0 Å². The van der Waals surface area contributed by atoms with E-state index in [9.17, 15) is 0 Å². The van der Waals surface area contributed by atoms with Gasteiger partial charge in [0.05, 0.1) is 0 Å². The highest BCUT2D eigenvalue weighted by Gasteiger charge is 2.36. The van der Waals surface area contributed by atoms with Gasteiger partial charge in [-0.3, -0.25) is 4.99 Å². The summed E-state index contributed by atoms with van der Waals surface area (Å²) in [4.78, 5) is 11.3. The summed E-state index contributed by atoms with van der Waals surface area (Å²) < 4.78 is 5.27. The minimum Gasteiger partial charge on any atom is -0.385 e. The molecule has 3 rings (SSSR count). The predicted octanol–water partition coefficient (Wildman–Crippen LogP) is 3.17. The quantitative estimate of drug-likeness (QED) is 0.335. The molecule has 1 aromatic rings. The molecule has 1 aliphatic heterocycles. The number of pyridine rings is 1. The van der Waals surface area contributed by atoms with Crippen LogP contribution in [0.15, 0.2) is 23.3 Å². The highest BCUT2D eigenvalue weighted by molar-refractivity contribution is 14.0. The summed E-state index contributed by atoms with van der Waals surface area (Å²) in [5, 5.41) is 6.91. The second-order valence-corrected chi connectivity index (χ2v) is 7.59. The SMILES string of the molecule is CN=C(NCc1ccc(N2CCCC2)nc1)NCC1(CCOC)CCC1.I. The van der Waals surface area contributed by atoms with Gasteiger partial charge in [-0.2, -0.15) is 0 Å². The van der Waals surface area contributed by atoms with E-state index in [-0.39, 0.29) is 24.0 Å². The van der Waals surface area contributed by atoms with Gasteiger partial charge in [-0.25, -0.2) is 4.98 Å². The van der Waals surface area contributed by atoms with Crippen LogP contribution in [0, 0.1) is 5.41 Å². The van der Waals surface area contributed by atoms with Crippen molar-refractivity contribution in [3.63, 3.8) is 0 Å². The molecule has 0 aromatic carbocycles. The molecule has 2 N–H and O–H groups in total. The van der Waals surface area contributed by atoms with Gasteiger partial charge < -0.3 is 20.3 Å². The fraction of sp³-hybridized carbons (Fsp3) is 0.700.